The lowest BCUT2D eigenvalue weighted by Gasteiger charge is -2.21. The molecule has 0 spiro atoms. The van der Waals surface area contributed by atoms with Gasteiger partial charge in [-0.3, -0.25) is 4.79 Å². The Morgan fingerprint density at radius 3 is 2.68 bits per heavy atom. The molecule has 0 amide bonds. The van der Waals surface area contributed by atoms with Gasteiger partial charge in [-0.2, -0.15) is 0 Å². The molecule has 0 N–H and O–H groups in total. The van der Waals surface area contributed by atoms with E-state index in [9.17, 15) is 13.6 Å². The van der Waals surface area contributed by atoms with E-state index in [-0.39, 0.29) is 5.78 Å². The van der Waals surface area contributed by atoms with Gasteiger partial charge in [0.05, 0.1) is 0 Å². The molecule has 0 saturated carbocycles. The fourth-order valence-corrected chi connectivity index (χ4v) is 5.08. The van der Waals surface area contributed by atoms with Crippen molar-refractivity contribution in [3.05, 3.63) is 118 Å². The number of carbonyl (C=O) groups excluding carboxylic acids is 1. The van der Waals surface area contributed by atoms with Crippen LogP contribution in [-0.2, 0) is 19.3 Å². The van der Waals surface area contributed by atoms with Crippen molar-refractivity contribution in [2.24, 2.45) is 0 Å². The summed E-state index contributed by atoms with van der Waals surface area (Å²) >= 11 is 1.78. The number of benzene rings is 2. The van der Waals surface area contributed by atoms with Crippen LogP contribution >= 0.6 is 22.6 Å². The Morgan fingerprint density at radius 2 is 1.95 bits per heavy atom. The van der Waals surface area contributed by atoms with E-state index in [4.69, 9.17) is 0 Å². The van der Waals surface area contributed by atoms with Crippen molar-refractivity contribution in [2.45, 2.75) is 68.6 Å². The molecule has 1 nitrogen and oxygen atoms in total. The topological polar surface area (TPSA) is 17.1 Å². The highest BCUT2D eigenvalue weighted by molar-refractivity contribution is 14.1. The Bertz CT molecular complexity index is 1300. The van der Waals surface area contributed by atoms with Crippen LogP contribution in [0.15, 0.2) is 89.7 Å². The molecule has 0 aliphatic heterocycles. The molecule has 0 fully saturated rings. The number of rotatable bonds is 10. The number of hydrogen-bond donors (Lipinski definition) is 0. The monoisotopic (exact) mass is 610 g/mol. The third-order valence-corrected chi connectivity index (χ3v) is 7.74. The maximum Gasteiger partial charge on any atom is 0.189 e. The Labute approximate surface area is 232 Å². The summed E-state index contributed by atoms with van der Waals surface area (Å²) < 4.78 is 26.7. The van der Waals surface area contributed by atoms with Crippen molar-refractivity contribution < 1.29 is 13.6 Å². The second-order valence-corrected chi connectivity index (χ2v) is 11.4. The summed E-state index contributed by atoms with van der Waals surface area (Å²) in [6.45, 7) is 3.53. The molecule has 2 unspecified atom stereocenters. The minimum Gasteiger partial charge on any atom is -0.289 e. The SMILES string of the molecule is CCC(C)(F)CCCc1cccc2c1C(=O)C(Cc1ccc(C3=C/C(=C/CC(F)I)C=C=C3)cc1)=CC2. The minimum atomic E-state index is -1.15. The molecule has 4 heteroatoms. The quantitative estimate of drug-likeness (QED) is 0.149. The van der Waals surface area contributed by atoms with E-state index in [0.717, 1.165) is 57.4 Å². The second-order valence-electron chi connectivity index (χ2n) is 10.1. The molecule has 2 aromatic carbocycles. The van der Waals surface area contributed by atoms with Gasteiger partial charge in [-0.05, 0) is 113 Å². The smallest absolute Gasteiger partial charge is 0.189 e. The van der Waals surface area contributed by atoms with E-state index in [1.54, 1.807) is 29.5 Å². The van der Waals surface area contributed by atoms with E-state index < -0.39 is 9.85 Å². The van der Waals surface area contributed by atoms with Gasteiger partial charge in [0.2, 0.25) is 0 Å². The van der Waals surface area contributed by atoms with Gasteiger partial charge in [0, 0.05) is 24.0 Å². The summed E-state index contributed by atoms with van der Waals surface area (Å²) in [5, 5.41) is 0. The highest BCUT2D eigenvalue weighted by Crippen LogP contribution is 2.30. The summed E-state index contributed by atoms with van der Waals surface area (Å²) in [7, 11) is 0. The van der Waals surface area contributed by atoms with Gasteiger partial charge in [0.1, 0.15) is 5.67 Å². The predicted molar refractivity (Wildman–Crippen MR) is 158 cm³/mol. The van der Waals surface area contributed by atoms with E-state index in [1.807, 2.05) is 49.4 Å². The number of hydrogen-bond acceptors (Lipinski definition) is 1. The first-order chi connectivity index (χ1) is 17.8. The van der Waals surface area contributed by atoms with Crippen molar-refractivity contribution >= 4 is 33.9 Å². The summed E-state index contributed by atoms with van der Waals surface area (Å²) in [5.74, 6) is 0.0960. The zero-order valence-corrected chi connectivity index (χ0v) is 23.7. The van der Waals surface area contributed by atoms with Crippen LogP contribution in [0, 0.1) is 0 Å². The number of aryl methyl sites for hydroxylation is 1. The number of halogens is 3. The van der Waals surface area contributed by atoms with Crippen LogP contribution in [0.5, 0.6) is 0 Å². The van der Waals surface area contributed by atoms with Crippen LogP contribution in [0.25, 0.3) is 5.57 Å². The van der Waals surface area contributed by atoms with Gasteiger partial charge in [-0.25, -0.2) is 8.78 Å². The lowest BCUT2D eigenvalue weighted by molar-refractivity contribution is 0.102. The minimum absolute atomic E-state index is 0.0960. The zero-order valence-electron chi connectivity index (χ0n) is 21.5. The molecule has 0 radical (unpaired) electrons. The molecule has 2 aliphatic rings. The van der Waals surface area contributed by atoms with Crippen LogP contribution in [0.3, 0.4) is 0 Å². The highest BCUT2D eigenvalue weighted by Gasteiger charge is 2.25. The van der Waals surface area contributed by atoms with Crippen molar-refractivity contribution in [1.29, 1.82) is 0 Å². The van der Waals surface area contributed by atoms with E-state index in [1.165, 1.54) is 0 Å². The molecule has 4 rings (SSSR count). The van der Waals surface area contributed by atoms with Crippen molar-refractivity contribution in [1.82, 2.24) is 0 Å². The van der Waals surface area contributed by atoms with Gasteiger partial charge >= 0.3 is 0 Å². The summed E-state index contributed by atoms with van der Waals surface area (Å²) in [6.07, 6.45) is 13.9. The van der Waals surface area contributed by atoms with Crippen molar-refractivity contribution in [2.75, 3.05) is 0 Å². The second kappa shape index (κ2) is 12.3. The standard InChI is InChI=1S/C33H33F2IO/c1-3-33(2,35)20-6-11-26-8-5-9-27-17-18-29(32(37)31(26)27)22-24-12-15-25(16-13-24)28-10-4-7-23(21-28)14-19-30(34)36/h5,7-10,12-16,18,21,30H,3,6,11,17,19-20,22H2,1-2H3/b23-14+. The fourth-order valence-electron chi connectivity index (χ4n) is 4.82. The molecular formula is C33H33F2IO. The van der Waals surface area contributed by atoms with Crippen LogP contribution < -0.4 is 0 Å². The first kappa shape index (κ1) is 27.5. The predicted octanol–water partition coefficient (Wildman–Crippen LogP) is 9.21. The Balaban J connectivity index is 1.45. The average molecular weight is 611 g/mol. The first-order valence-corrected chi connectivity index (χ1v) is 14.3. The van der Waals surface area contributed by atoms with Gasteiger partial charge in [-0.15, -0.1) is 5.73 Å². The average Bonchev–Trinajstić information content (AvgIpc) is 2.89. The van der Waals surface area contributed by atoms with Crippen LogP contribution in [0.1, 0.15) is 72.1 Å². The largest absolute Gasteiger partial charge is 0.289 e. The van der Waals surface area contributed by atoms with Crippen molar-refractivity contribution in [3.63, 3.8) is 0 Å². The van der Waals surface area contributed by atoms with Crippen LogP contribution in [-0.4, -0.2) is 15.6 Å². The van der Waals surface area contributed by atoms with Gasteiger partial charge in [0.25, 0.3) is 0 Å². The molecule has 2 aliphatic carbocycles. The van der Waals surface area contributed by atoms with Crippen LogP contribution in [0.2, 0.25) is 0 Å². The lowest BCUT2D eigenvalue weighted by Crippen LogP contribution is -2.18. The number of ketones is 1. The fraction of sp³-hybridized carbons (Fsp3) is 0.333. The molecule has 2 aromatic rings. The number of fused-ring (bicyclic) bond motifs is 1. The van der Waals surface area contributed by atoms with E-state index >= 15 is 0 Å². The highest BCUT2D eigenvalue weighted by atomic mass is 127. The van der Waals surface area contributed by atoms with Crippen molar-refractivity contribution in [3.8, 4) is 0 Å². The molecule has 0 aromatic heterocycles. The number of allylic oxidation sites excluding steroid dienone is 7. The molecular weight excluding hydrogens is 577 g/mol. The molecule has 0 bridgehead atoms. The number of Topliss-reactive ketones (excluding diaryl/α,β-unsaturated/α-hetero) is 1. The van der Waals surface area contributed by atoms with Crippen LogP contribution in [0.4, 0.5) is 8.78 Å². The third kappa shape index (κ3) is 7.27. The molecule has 2 atom stereocenters. The van der Waals surface area contributed by atoms with Gasteiger partial charge in [-0.1, -0.05) is 61.5 Å². The number of alkyl halides is 3. The summed E-state index contributed by atoms with van der Waals surface area (Å²) in [4.78, 5) is 13.5. The van der Waals surface area contributed by atoms with Gasteiger partial charge < -0.3 is 0 Å². The van der Waals surface area contributed by atoms with E-state index in [0.29, 0.717) is 32.1 Å². The zero-order chi connectivity index (χ0) is 26.4. The lowest BCUT2D eigenvalue weighted by atomic mass is 9.83. The maximum absolute atomic E-state index is 14.4. The normalized spacial score (nSPS) is 18.3. The molecule has 0 saturated heterocycles. The number of carbonyl (C=O) groups is 1. The Hall–Kier alpha value is -2.56. The summed E-state index contributed by atoms with van der Waals surface area (Å²) in [5.41, 5.74) is 9.86. The molecule has 192 valence electrons. The summed E-state index contributed by atoms with van der Waals surface area (Å²) in [6, 6.07) is 14.3. The van der Waals surface area contributed by atoms with Gasteiger partial charge in [0.15, 0.2) is 9.96 Å². The Kier molecular flexibility index (Phi) is 9.15. The van der Waals surface area contributed by atoms with E-state index in [2.05, 4.69) is 36.1 Å². The maximum atomic E-state index is 14.4. The third-order valence-electron chi connectivity index (χ3n) is 7.23. The molecule has 37 heavy (non-hydrogen) atoms. The Morgan fingerprint density at radius 1 is 1.16 bits per heavy atom. The first-order valence-electron chi connectivity index (χ1n) is 13.0. The molecule has 0 heterocycles.